The first-order valence-corrected chi connectivity index (χ1v) is 11.3. The van der Waals surface area contributed by atoms with E-state index in [1.807, 2.05) is 0 Å². The number of aliphatic carboxylic acids is 1. The van der Waals surface area contributed by atoms with Crippen LogP contribution in [-0.2, 0) is 27.8 Å². The van der Waals surface area contributed by atoms with Gasteiger partial charge in [-0.05, 0) is 60.8 Å². The second-order valence-electron chi connectivity index (χ2n) is 8.47. The van der Waals surface area contributed by atoms with E-state index >= 15 is 0 Å². The molecule has 170 valence electrons. The molecule has 3 aliphatic rings. The third-order valence-electron chi connectivity index (χ3n) is 6.57. The summed E-state index contributed by atoms with van der Waals surface area (Å²) in [6.07, 6.45) is -2.35. The molecular formula is C19H22F3N3O5S. The molecular weight excluding hydrogens is 439 g/mol. The summed E-state index contributed by atoms with van der Waals surface area (Å²) in [7, 11) is -4.25. The molecule has 1 aromatic rings. The van der Waals surface area contributed by atoms with Crippen LogP contribution in [0.2, 0.25) is 0 Å². The van der Waals surface area contributed by atoms with E-state index in [0.29, 0.717) is 30.0 Å². The number of fused-ring (bicyclic) bond motifs is 1. The molecule has 1 aliphatic heterocycles. The smallest absolute Gasteiger partial charge is 0.402 e. The minimum Gasteiger partial charge on any atom is -0.480 e. The lowest BCUT2D eigenvalue weighted by atomic mass is 9.79. The molecule has 0 unspecified atom stereocenters. The predicted octanol–water partition coefficient (Wildman–Crippen LogP) is 1.08. The number of halogens is 3. The van der Waals surface area contributed by atoms with Crippen LogP contribution in [0.4, 0.5) is 13.2 Å². The predicted molar refractivity (Wildman–Crippen MR) is 102 cm³/mol. The van der Waals surface area contributed by atoms with Crippen LogP contribution in [0.15, 0.2) is 18.2 Å². The number of rotatable bonds is 4. The van der Waals surface area contributed by atoms with Crippen LogP contribution in [0.1, 0.15) is 34.3 Å². The van der Waals surface area contributed by atoms with Gasteiger partial charge in [-0.15, -0.1) is 0 Å². The number of carboxylic acids is 1. The second kappa shape index (κ2) is 7.45. The van der Waals surface area contributed by atoms with Gasteiger partial charge in [0.2, 0.25) is 0 Å². The normalized spacial score (nSPS) is 29.5. The Morgan fingerprint density at radius 3 is 2.45 bits per heavy atom. The Labute approximate surface area is 177 Å². The van der Waals surface area contributed by atoms with E-state index < -0.39 is 46.9 Å². The lowest BCUT2D eigenvalue weighted by Crippen LogP contribution is -2.52. The molecule has 4 rings (SSSR count). The van der Waals surface area contributed by atoms with Gasteiger partial charge >= 0.3 is 12.1 Å². The number of benzene rings is 1. The molecule has 3 atom stereocenters. The van der Waals surface area contributed by atoms with Crippen molar-refractivity contribution in [2.75, 3.05) is 19.6 Å². The Bertz CT molecular complexity index is 1030. The maximum Gasteiger partial charge on any atom is 0.402 e. The number of nitrogens with one attached hydrogen (secondary N) is 2. The van der Waals surface area contributed by atoms with E-state index in [1.54, 1.807) is 18.2 Å². The highest BCUT2D eigenvalue weighted by Gasteiger charge is 2.60. The minimum absolute atomic E-state index is 0.154. The molecule has 0 radical (unpaired) electrons. The van der Waals surface area contributed by atoms with E-state index in [1.165, 1.54) is 0 Å². The fourth-order valence-electron chi connectivity index (χ4n) is 5.24. The third kappa shape index (κ3) is 4.15. The van der Waals surface area contributed by atoms with Crippen LogP contribution in [0, 0.1) is 11.8 Å². The molecule has 8 nitrogen and oxygen atoms in total. The molecule has 2 aliphatic carbocycles. The van der Waals surface area contributed by atoms with Gasteiger partial charge in [0.1, 0.15) is 13.1 Å². The molecule has 1 aromatic carbocycles. The van der Waals surface area contributed by atoms with Gasteiger partial charge in [0.15, 0.2) is 0 Å². The van der Waals surface area contributed by atoms with E-state index in [2.05, 4.69) is 10.0 Å². The van der Waals surface area contributed by atoms with E-state index in [9.17, 15) is 31.2 Å². The van der Waals surface area contributed by atoms with Crippen molar-refractivity contribution in [1.29, 1.82) is 0 Å². The van der Waals surface area contributed by atoms with Crippen LogP contribution >= 0.6 is 0 Å². The molecule has 1 amide bonds. The van der Waals surface area contributed by atoms with Crippen LogP contribution < -0.4 is 10.0 Å². The summed E-state index contributed by atoms with van der Waals surface area (Å²) in [4.78, 5) is 22.9. The Morgan fingerprint density at radius 2 is 1.84 bits per heavy atom. The minimum atomic E-state index is -4.63. The number of hydrogen-bond acceptors (Lipinski definition) is 4. The quantitative estimate of drug-likeness (QED) is 0.621. The van der Waals surface area contributed by atoms with Crippen molar-refractivity contribution in [2.24, 2.45) is 11.8 Å². The lowest BCUT2D eigenvalue weighted by molar-refractivity contribution is -0.137. The van der Waals surface area contributed by atoms with Crippen molar-refractivity contribution in [3.05, 3.63) is 34.9 Å². The summed E-state index contributed by atoms with van der Waals surface area (Å²) < 4.78 is 66.9. The largest absolute Gasteiger partial charge is 0.480 e. The molecule has 1 saturated heterocycles. The van der Waals surface area contributed by atoms with E-state index in [0.717, 1.165) is 11.1 Å². The lowest BCUT2D eigenvalue weighted by Gasteiger charge is -2.33. The summed E-state index contributed by atoms with van der Waals surface area (Å²) in [6.45, 7) is -2.27. The van der Waals surface area contributed by atoms with Gasteiger partial charge in [-0.2, -0.15) is 30.6 Å². The average Bonchev–Trinajstić information content (AvgIpc) is 3.03. The maximum atomic E-state index is 12.9. The van der Waals surface area contributed by atoms with Gasteiger partial charge in [-0.3, -0.25) is 9.59 Å². The summed E-state index contributed by atoms with van der Waals surface area (Å²) in [5.41, 5.74) is 1.07. The van der Waals surface area contributed by atoms with Crippen LogP contribution in [0.5, 0.6) is 0 Å². The molecule has 2 fully saturated rings. The second-order valence-corrected chi connectivity index (χ2v) is 10.1. The first kappa shape index (κ1) is 22.0. The summed E-state index contributed by atoms with van der Waals surface area (Å²) in [5.74, 6) is -2.06. The van der Waals surface area contributed by atoms with Crippen molar-refractivity contribution >= 4 is 22.1 Å². The number of nitrogens with zero attached hydrogens (tertiary/aromatic N) is 1. The summed E-state index contributed by atoms with van der Waals surface area (Å²) in [6, 6.07) is 5.00. The highest BCUT2D eigenvalue weighted by atomic mass is 32.2. The fourth-order valence-corrected chi connectivity index (χ4v) is 6.95. The Hall–Kier alpha value is -2.18. The third-order valence-corrected chi connectivity index (χ3v) is 8.15. The van der Waals surface area contributed by atoms with Gasteiger partial charge in [0.05, 0.1) is 5.54 Å². The first-order valence-electron chi connectivity index (χ1n) is 9.87. The van der Waals surface area contributed by atoms with Gasteiger partial charge in [-0.25, -0.2) is 0 Å². The molecule has 2 bridgehead atoms. The van der Waals surface area contributed by atoms with Gasteiger partial charge in [0, 0.05) is 12.1 Å². The first-order chi connectivity index (χ1) is 14.4. The molecule has 0 aromatic heterocycles. The van der Waals surface area contributed by atoms with Crippen LogP contribution in [0.3, 0.4) is 0 Å². The van der Waals surface area contributed by atoms with Crippen molar-refractivity contribution in [3.8, 4) is 0 Å². The average molecular weight is 461 g/mol. The highest BCUT2D eigenvalue weighted by Crippen LogP contribution is 2.50. The molecule has 1 spiro atoms. The standard InChI is InChI=1S/C19H22F3N3O5S/c20-19(21,22)10-25-9-18(24-31(25,29)30)14-3-4-15(18)7-13-5-12(2-1-11(13)6-14)17(28)23-8-16(26)27/h1-2,5,14-15,24H,3-4,6-10H2,(H,23,28)(H,26,27)/t14-,15+,18-/m1/s1. The van der Waals surface area contributed by atoms with E-state index in [4.69, 9.17) is 5.11 Å². The number of carbonyl (C=O) groups excluding carboxylic acids is 1. The number of hydrogen-bond donors (Lipinski definition) is 3. The Balaban J connectivity index is 1.60. The molecule has 1 heterocycles. The zero-order valence-corrected chi connectivity index (χ0v) is 17.2. The Morgan fingerprint density at radius 1 is 1.19 bits per heavy atom. The number of amides is 1. The monoisotopic (exact) mass is 461 g/mol. The number of carbonyl (C=O) groups is 2. The van der Waals surface area contributed by atoms with Gasteiger partial charge < -0.3 is 10.4 Å². The molecule has 3 N–H and O–H groups in total. The van der Waals surface area contributed by atoms with Crippen molar-refractivity contribution in [2.45, 2.75) is 37.4 Å². The van der Waals surface area contributed by atoms with Crippen molar-refractivity contribution < 1.29 is 36.3 Å². The van der Waals surface area contributed by atoms with Gasteiger partial charge in [0.25, 0.3) is 16.1 Å². The molecule has 31 heavy (non-hydrogen) atoms. The van der Waals surface area contributed by atoms with Gasteiger partial charge in [-0.1, -0.05) is 6.07 Å². The Kier molecular flexibility index (Phi) is 5.30. The van der Waals surface area contributed by atoms with Crippen LogP contribution in [0.25, 0.3) is 0 Å². The molecule has 12 heteroatoms. The number of carboxylic acid groups (broad SMARTS) is 1. The summed E-state index contributed by atoms with van der Waals surface area (Å²) >= 11 is 0. The fraction of sp³-hybridized carbons (Fsp3) is 0.579. The van der Waals surface area contributed by atoms with Crippen LogP contribution in [-0.4, -0.2) is 61.1 Å². The zero-order valence-electron chi connectivity index (χ0n) is 16.4. The van der Waals surface area contributed by atoms with Crippen molar-refractivity contribution in [3.63, 3.8) is 0 Å². The maximum absolute atomic E-state index is 12.9. The zero-order chi connectivity index (χ0) is 22.6. The molecule has 1 saturated carbocycles. The highest BCUT2D eigenvalue weighted by molar-refractivity contribution is 7.87. The summed E-state index contributed by atoms with van der Waals surface area (Å²) in [5, 5.41) is 11.0. The van der Waals surface area contributed by atoms with Crippen molar-refractivity contribution in [1.82, 2.24) is 14.3 Å². The number of alkyl halides is 3. The van der Waals surface area contributed by atoms with E-state index in [-0.39, 0.29) is 23.9 Å². The topological polar surface area (TPSA) is 116 Å². The SMILES string of the molecule is O=C(O)CNC(=O)c1ccc2c(c1)C[C@@H]1CC[C@H](C2)[C@]12CN(CC(F)(F)F)S(=O)(=O)N2.